The summed E-state index contributed by atoms with van der Waals surface area (Å²) < 4.78 is 14.5. The molecule has 2 rings (SSSR count). The van der Waals surface area contributed by atoms with E-state index in [1.165, 1.54) is 5.69 Å². The van der Waals surface area contributed by atoms with E-state index in [4.69, 9.17) is 14.5 Å². The number of nitrogens with zero attached hydrogens (tertiary/aromatic N) is 3. The van der Waals surface area contributed by atoms with Crippen LogP contribution in [0.3, 0.4) is 0 Å². The molecule has 6 nitrogen and oxygen atoms in total. The zero-order valence-electron chi connectivity index (χ0n) is 15.6. The molecule has 0 saturated carbocycles. The Hall–Kier alpha value is -1.05. The van der Waals surface area contributed by atoms with Crippen molar-refractivity contribution in [1.29, 1.82) is 0 Å². The van der Waals surface area contributed by atoms with Crippen molar-refractivity contribution in [2.24, 2.45) is 12.0 Å². The zero-order valence-corrected chi connectivity index (χ0v) is 17.2. The van der Waals surface area contributed by atoms with Gasteiger partial charge in [0.25, 0.3) is 0 Å². The van der Waals surface area contributed by atoms with E-state index in [-0.39, 0.29) is 0 Å². The summed E-state index contributed by atoms with van der Waals surface area (Å²) in [6, 6.07) is 2.14. The number of nitrogens with one attached hydrogen (secondary N) is 1. The summed E-state index contributed by atoms with van der Waals surface area (Å²) in [5.41, 5.74) is 1.24. The van der Waals surface area contributed by atoms with Crippen molar-refractivity contribution in [3.8, 4) is 0 Å². The summed E-state index contributed by atoms with van der Waals surface area (Å²) in [5, 5.41) is 3.36. The highest BCUT2D eigenvalue weighted by molar-refractivity contribution is 9.10. The van der Waals surface area contributed by atoms with Gasteiger partial charge in [-0.2, -0.15) is 0 Å². The molecule has 1 aromatic heterocycles. The Morgan fingerprint density at radius 1 is 1.56 bits per heavy atom. The first-order valence-electron chi connectivity index (χ1n) is 9.09. The van der Waals surface area contributed by atoms with Gasteiger partial charge in [-0.25, -0.2) is 0 Å². The number of ether oxygens (including phenoxy) is 2. The minimum Gasteiger partial charge on any atom is -0.379 e. The first-order chi connectivity index (χ1) is 12.1. The van der Waals surface area contributed by atoms with Gasteiger partial charge in [-0.05, 0) is 48.2 Å². The van der Waals surface area contributed by atoms with E-state index < -0.39 is 0 Å². The Kier molecular flexibility index (Phi) is 8.78. The first-order valence-corrected chi connectivity index (χ1v) is 9.89. The van der Waals surface area contributed by atoms with Crippen LogP contribution in [0.5, 0.6) is 0 Å². The molecule has 1 aliphatic rings. The fraction of sp³-hybridized carbons (Fsp3) is 0.722. The lowest BCUT2D eigenvalue weighted by Gasteiger charge is -2.22. The second-order valence-corrected chi connectivity index (χ2v) is 7.33. The Labute approximate surface area is 159 Å². The normalized spacial score (nSPS) is 17.9. The standard InChI is InChI=1S/C18H31BrN4O2/c1-4-20-18(23(3)13-16-11-15(19)12-22(16)2)21-8-6-9-24-14-17-7-5-10-25-17/h11-12,17H,4-10,13-14H2,1-3H3,(H,20,21). The molecule has 1 atom stereocenters. The summed E-state index contributed by atoms with van der Waals surface area (Å²) in [5.74, 6) is 0.930. The maximum atomic E-state index is 5.70. The second kappa shape index (κ2) is 10.8. The summed E-state index contributed by atoms with van der Waals surface area (Å²) in [4.78, 5) is 6.87. The number of hydrogen-bond acceptors (Lipinski definition) is 3. The molecule has 142 valence electrons. The van der Waals surface area contributed by atoms with Gasteiger partial charge in [0.2, 0.25) is 0 Å². The average molecular weight is 415 g/mol. The third kappa shape index (κ3) is 6.99. The van der Waals surface area contributed by atoms with Crippen LogP contribution in [0.4, 0.5) is 0 Å². The Balaban J connectivity index is 1.73. The molecule has 1 aliphatic heterocycles. The van der Waals surface area contributed by atoms with Crippen molar-refractivity contribution in [2.45, 2.75) is 38.8 Å². The smallest absolute Gasteiger partial charge is 0.194 e. The number of guanidine groups is 1. The highest BCUT2D eigenvalue weighted by Crippen LogP contribution is 2.15. The fourth-order valence-electron chi connectivity index (χ4n) is 2.85. The van der Waals surface area contributed by atoms with E-state index >= 15 is 0 Å². The molecule has 1 N–H and O–H groups in total. The molecular formula is C18H31BrN4O2. The van der Waals surface area contributed by atoms with Crippen LogP contribution in [-0.4, -0.2) is 61.5 Å². The van der Waals surface area contributed by atoms with Gasteiger partial charge in [0, 0.05) is 56.8 Å². The lowest BCUT2D eigenvalue weighted by atomic mass is 10.2. The summed E-state index contributed by atoms with van der Waals surface area (Å²) in [7, 11) is 4.12. The van der Waals surface area contributed by atoms with Crippen LogP contribution in [0, 0.1) is 0 Å². The molecule has 1 saturated heterocycles. The molecule has 0 amide bonds. The second-order valence-electron chi connectivity index (χ2n) is 6.42. The van der Waals surface area contributed by atoms with Crippen molar-refractivity contribution in [3.63, 3.8) is 0 Å². The third-order valence-corrected chi connectivity index (χ3v) is 4.64. The van der Waals surface area contributed by atoms with Gasteiger partial charge in [-0.1, -0.05) is 0 Å². The molecule has 7 heteroatoms. The topological polar surface area (TPSA) is 51.0 Å². The van der Waals surface area contributed by atoms with Crippen LogP contribution in [0.15, 0.2) is 21.7 Å². The largest absolute Gasteiger partial charge is 0.379 e. The van der Waals surface area contributed by atoms with E-state index in [0.717, 1.165) is 62.5 Å². The highest BCUT2D eigenvalue weighted by atomic mass is 79.9. The number of aromatic nitrogens is 1. The minimum atomic E-state index is 0.302. The number of hydrogen-bond donors (Lipinski definition) is 1. The molecule has 1 fully saturated rings. The van der Waals surface area contributed by atoms with E-state index in [1.807, 2.05) is 0 Å². The summed E-state index contributed by atoms with van der Waals surface area (Å²) in [6.07, 6.45) is 5.58. The molecule has 0 aromatic carbocycles. The molecule has 0 spiro atoms. The van der Waals surface area contributed by atoms with Gasteiger partial charge < -0.3 is 24.3 Å². The van der Waals surface area contributed by atoms with E-state index in [2.05, 4.69) is 64.0 Å². The van der Waals surface area contributed by atoms with E-state index in [1.54, 1.807) is 0 Å². The summed E-state index contributed by atoms with van der Waals surface area (Å²) >= 11 is 3.52. The van der Waals surface area contributed by atoms with Crippen LogP contribution >= 0.6 is 15.9 Å². The van der Waals surface area contributed by atoms with Gasteiger partial charge in [0.1, 0.15) is 0 Å². The number of aryl methyl sites for hydroxylation is 1. The van der Waals surface area contributed by atoms with E-state index in [0.29, 0.717) is 12.7 Å². The molecule has 1 aromatic rings. The van der Waals surface area contributed by atoms with Crippen molar-refractivity contribution < 1.29 is 9.47 Å². The monoisotopic (exact) mass is 414 g/mol. The van der Waals surface area contributed by atoms with Crippen molar-refractivity contribution in [3.05, 3.63) is 22.4 Å². The molecule has 1 unspecified atom stereocenters. The molecule has 2 heterocycles. The third-order valence-electron chi connectivity index (χ3n) is 4.21. The molecule has 25 heavy (non-hydrogen) atoms. The number of rotatable bonds is 9. The lowest BCUT2D eigenvalue weighted by molar-refractivity contribution is 0.0170. The van der Waals surface area contributed by atoms with E-state index in [9.17, 15) is 0 Å². The average Bonchev–Trinajstić information content (AvgIpc) is 3.19. The van der Waals surface area contributed by atoms with Gasteiger partial charge >= 0.3 is 0 Å². The number of halogens is 1. The van der Waals surface area contributed by atoms with Crippen molar-refractivity contribution in [1.82, 2.24) is 14.8 Å². The molecule has 0 aliphatic carbocycles. The maximum absolute atomic E-state index is 5.70. The quantitative estimate of drug-likeness (QED) is 0.383. The van der Waals surface area contributed by atoms with Crippen molar-refractivity contribution >= 4 is 21.9 Å². The van der Waals surface area contributed by atoms with Crippen LogP contribution in [0.2, 0.25) is 0 Å². The van der Waals surface area contributed by atoms with Gasteiger partial charge in [-0.15, -0.1) is 0 Å². The minimum absolute atomic E-state index is 0.302. The Morgan fingerprint density at radius 2 is 2.40 bits per heavy atom. The van der Waals surface area contributed by atoms with Gasteiger partial charge in [-0.3, -0.25) is 4.99 Å². The van der Waals surface area contributed by atoms with Crippen LogP contribution in [-0.2, 0) is 23.1 Å². The van der Waals surface area contributed by atoms with Gasteiger partial charge in [0.05, 0.1) is 19.3 Å². The maximum Gasteiger partial charge on any atom is 0.194 e. The van der Waals surface area contributed by atoms with Crippen LogP contribution < -0.4 is 5.32 Å². The predicted octanol–water partition coefficient (Wildman–Crippen LogP) is 2.77. The summed E-state index contributed by atoms with van der Waals surface area (Å²) in [6.45, 7) is 6.85. The van der Waals surface area contributed by atoms with Crippen molar-refractivity contribution in [2.75, 3.05) is 40.0 Å². The lowest BCUT2D eigenvalue weighted by Crippen LogP contribution is -2.39. The zero-order chi connectivity index (χ0) is 18.1. The van der Waals surface area contributed by atoms with Gasteiger partial charge in [0.15, 0.2) is 5.96 Å². The molecule has 0 bridgehead atoms. The number of aliphatic imine (C=N–C) groups is 1. The Morgan fingerprint density at radius 3 is 3.04 bits per heavy atom. The van der Waals surface area contributed by atoms with Crippen LogP contribution in [0.1, 0.15) is 31.9 Å². The first kappa shape index (κ1) is 20.3. The molecule has 0 radical (unpaired) electrons. The predicted molar refractivity (Wildman–Crippen MR) is 105 cm³/mol. The Bertz CT molecular complexity index is 541. The fourth-order valence-corrected chi connectivity index (χ4v) is 3.42. The van der Waals surface area contributed by atoms with Crippen LogP contribution in [0.25, 0.3) is 0 Å². The molecular weight excluding hydrogens is 384 g/mol. The SMILES string of the molecule is CCNC(=NCCCOCC1CCCO1)N(C)Cc1cc(Br)cn1C. The highest BCUT2D eigenvalue weighted by Gasteiger charge is 2.15.